The number of fused-ring (bicyclic) bond motifs is 2. The SMILES string of the molecule is C=C1C(C[C@@H]2O[C@H]3C[C@H]4OC(C)(C)OC[C@H]4O[C@H]3[C@H](N)[C@H]2O)OC(CCC(=O)OC)C[C@H]1C. The van der Waals surface area contributed by atoms with Gasteiger partial charge in [-0.05, 0) is 38.2 Å². The van der Waals surface area contributed by atoms with Crippen molar-refractivity contribution >= 4 is 5.97 Å². The van der Waals surface area contributed by atoms with Gasteiger partial charge in [-0.2, -0.15) is 0 Å². The number of carbonyl (C=O) groups excluding carboxylic acids is 1. The molecule has 4 fully saturated rings. The molecule has 188 valence electrons. The van der Waals surface area contributed by atoms with E-state index in [2.05, 4.69) is 13.5 Å². The summed E-state index contributed by atoms with van der Waals surface area (Å²) in [6, 6.07) is -0.589. The van der Waals surface area contributed by atoms with Crippen LogP contribution in [0.2, 0.25) is 0 Å². The van der Waals surface area contributed by atoms with Gasteiger partial charge in [0.05, 0.1) is 56.4 Å². The predicted molar refractivity (Wildman–Crippen MR) is 118 cm³/mol. The molecule has 10 atom stereocenters. The summed E-state index contributed by atoms with van der Waals surface area (Å²) in [5.41, 5.74) is 7.41. The molecule has 33 heavy (non-hydrogen) atoms. The molecule has 4 aliphatic rings. The smallest absolute Gasteiger partial charge is 0.305 e. The van der Waals surface area contributed by atoms with Gasteiger partial charge in [-0.15, -0.1) is 0 Å². The Hall–Kier alpha value is -1.07. The van der Waals surface area contributed by atoms with Crippen molar-refractivity contribution in [3.63, 3.8) is 0 Å². The van der Waals surface area contributed by atoms with Crippen LogP contribution in [-0.4, -0.2) is 85.5 Å². The number of carbonyl (C=O) groups is 1. The van der Waals surface area contributed by atoms with Crippen molar-refractivity contribution in [2.45, 2.75) is 114 Å². The lowest BCUT2D eigenvalue weighted by Crippen LogP contribution is -2.68. The molecule has 0 bridgehead atoms. The second kappa shape index (κ2) is 9.89. The van der Waals surface area contributed by atoms with E-state index in [0.29, 0.717) is 32.3 Å². The van der Waals surface area contributed by atoms with E-state index in [1.54, 1.807) is 0 Å². The third-order valence-electron chi connectivity index (χ3n) is 7.48. The first-order valence-corrected chi connectivity index (χ1v) is 12.0. The molecule has 3 N–H and O–H groups in total. The maximum Gasteiger partial charge on any atom is 0.305 e. The van der Waals surface area contributed by atoms with Crippen molar-refractivity contribution in [2.24, 2.45) is 11.7 Å². The highest BCUT2D eigenvalue weighted by atomic mass is 16.7. The quantitative estimate of drug-likeness (QED) is 0.455. The van der Waals surface area contributed by atoms with Crippen LogP contribution in [0.15, 0.2) is 12.2 Å². The molecule has 0 aliphatic carbocycles. The van der Waals surface area contributed by atoms with Gasteiger partial charge in [-0.3, -0.25) is 4.79 Å². The van der Waals surface area contributed by atoms with Gasteiger partial charge in [-0.25, -0.2) is 0 Å². The summed E-state index contributed by atoms with van der Waals surface area (Å²) in [5.74, 6) is -0.676. The number of hydrogen-bond acceptors (Lipinski definition) is 9. The topological polar surface area (TPSA) is 119 Å². The average Bonchev–Trinajstić information content (AvgIpc) is 2.77. The first-order valence-electron chi connectivity index (χ1n) is 12.0. The maximum absolute atomic E-state index is 11.6. The second-order valence-electron chi connectivity index (χ2n) is 10.3. The van der Waals surface area contributed by atoms with Crippen molar-refractivity contribution in [2.75, 3.05) is 13.7 Å². The third kappa shape index (κ3) is 5.45. The van der Waals surface area contributed by atoms with Crippen LogP contribution in [0.25, 0.3) is 0 Å². The van der Waals surface area contributed by atoms with Gasteiger partial charge >= 0.3 is 5.97 Å². The van der Waals surface area contributed by atoms with Crippen molar-refractivity contribution in [1.82, 2.24) is 0 Å². The Morgan fingerprint density at radius 3 is 2.70 bits per heavy atom. The fraction of sp³-hybridized carbons (Fsp3) is 0.875. The minimum atomic E-state index is -0.896. The van der Waals surface area contributed by atoms with E-state index in [9.17, 15) is 9.90 Å². The summed E-state index contributed by atoms with van der Waals surface area (Å²) in [6.45, 7) is 10.6. The highest BCUT2D eigenvalue weighted by Gasteiger charge is 2.53. The Balaban J connectivity index is 1.40. The fourth-order valence-corrected chi connectivity index (χ4v) is 5.48. The van der Waals surface area contributed by atoms with Crippen LogP contribution in [0.1, 0.15) is 52.9 Å². The molecule has 0 aromatic rings. The van der Waals surface area contributed by atoms with Gasteiger partial charge < -0.3 is 39.3 Å². The third-order valence-corrected chi connectivity index (χ3v) is 7.48. The normalized spacial score (nSPS) is 45.1. The first-order chi connectivity index (χ1) is 15.6. The Bertz CT molecular complexity index is 729. The van der Waals surface area contributed by atoms with Crippen molar-refractivity contribution in [3.8, 4) is 0 Å². The van der Waals surface area contributed by atoms with E-state index in [1.807, 2.05) is 13.8 Å². The Morgan fingerprint density at radius 1 is 1.21 bits per heavy atom. The molecule has 4 heterocycles. The minimum Gasteiger partial charge on any atom is -0.469 e. The van der Waals surface area contributed by atoms with Crippen LogP contribution in [0.5, 0.6) is 0 Å². The summed E-state index contributed by atoms with van der Waals surface area (Å²) in [4.78, 5) is 11.6. The monoisotopic (exact) mass is 469 g/mol. The summed E-state index contributed by atoms with van der Waals surface area (Å²) in [5, 5.41) is 11.0. The molecule has 9 heteroatoms. The first kappa shape index (κ1) is 25.0. The Labute approximate surface area is 195 Å². The van der Waals surface area contributed by atoms with Gasteiger partial charge in [0.25, 0.3) is 0 Å². The molecule has 0 spiro atoms. The number of nitrogens with two attached hydrogens (primary N) is 1. The molecule has 9 nitrogen and oxygen atoms in total. The zero-order chi connectivity index (χ0) is 23.9. The van der Waals surface area contributed by atoms with Crippen molar-refractivity contribution in [1.29, 1.82) is 0 Å². The van der Waals surface area contributed by atoms with Crippen molar-refractivity contribution in [3.05, 3.63) is 12.2 Å². The number of rotatable bonds is 5. The summed E-state index contributed by atoms with van der Waals surface area (Å²) in [6.07, 6.45) is -0.0774. The standard InChI is InChI=1S/C24H39NO8/c1-12-8-14(6-7-20(26)28-5)30-15(13(12)2)9-17-22(27)21(25)23-18(31-17)10-16-19(32-23)11-29-24(3,4)33-16/h12,14-19,21-23,27H,2,6-11,25H2,1,3-5H3/t12-,14?,15?,16-,17+,18+,19-,21-,22+,23-/m1/s1. The fourth-order valence-electron chi connectivity index (χ4n) is 5.48. The highest BCUT2D eigenvalue weighted by molar-refractivity contribution is 5.69. The van der Waals surface area contributed by atoms with Crippen LogP contribution in [0.4, 0.5) is 0 Å². The lowest BCUT2D eigenvalue weighted by molar-refractivity contribution is -0.351. The van der Waals surface area contributed by atoms with E-state index in [-0.39, 0.29) is 42.4 Å². The van der Waals surface area contributed by atoms with Crippen LogP contribution < -0.4 is 5.73 Å². The molecule has 4 rings (SSSR count). The maximum atomic E-state index is 11.6. The zero-order valence-electron chi connectivity index (χ0n) is 20.1. The molecule has 0 amide bonds. The molecule has 2 unspecified atom stereocenters. The number of hydrogen-bond donors (Lipinski definition) is 2. The van der Waals surface area contributed by atoms with E-state index in [4.69, 9.17) is 34.2 Å². The molecular weight excluding hydrogens is 430 g/mol. The minimum absolute atomic E-state index is 0.0756. The lowest BCUT2D eigenvalue weighted by Gasteiger charge is -2.53. The summed E-state index contributed by atoms with van der Waals surface area (Å²) < 4.78 is 35.4. The number of aliphatic hydroxyl groups excluding tert-OH is 1. The zero-order valence-corrected chi connectivity index (χ0v) is 20.1. The van der Waals surface area contributed by atoms with Crippen LogP contribution in [0, 0.1) is 5.92 Å². The van der Waals surface area contributed by atoms with Crippen LogP contribution in [-0.2, 0) is 33.2 Å². The molecule has 0 aromatic carbocycles. The van der Waals surface area contributed by atoms with Gasteiger partial charge in [0.1, 0.15) is 12.2 Å². The number of methoxy groups -OCH3 is 1. The number of aliphatic hydroxyl groups is 1. The van der Waals surface area contributed by atoms with E-state index in [0.717, 1.165) is 12.0 Å². The number of ether oxygens (including phenoxy) is 6. The molecule has 4 aliphatic heterocycles. The van der Waals surface area contributed by atoms with Gasteiger partial charge in [0.2, 0.25) is 0 Å². The lowest BCUT2D eigenvalue weighted by atomic mass is 9.82. The van der Waals surface area contributed by atoms with E-state index < -0.39 is 30.1 Å². The molecule has 4 saturated heterocycles. The van der Waals surface area contributed by atoms with Crippen molar-refractivity contribution < 1.29 is 38.3 Å². The van der Waals surface area contributed by atoms with Crippen LogP contribution in [0.3, 0.4) is 0 Å². The summed E-state index contributed by atoms with van der Waals surface area (Å²) in [7, 11) is 1.39. The summed E-state index contributed by atoms with van der Waals surface area (Å²) >= 11 is 0. The van der Waals surface area contributed by atoms with E-state index in [1.165, 1.54) is 7.11 Å². The van der Waals surface area contributed by atoms with Gasteiger partial charge in [0.15, 0.2) is 5.79 Å². The predicted octanol–water partition coefficient (Wildman–Crippen LogP) is 1.44. The molecule has 0 saturated carbocycles. The number of esters is 1. The van der Waals surface area contributed by atoms with Crippen LogP contribution >= 0.6 is 0 Å². The Kier molecular flexibility index (Phi) is 7.50. The molecule has 0 radical (unpaired) electrons. The molecule has 0 aromatic heterocycles. The highest BCUT2D eigenvalue weighted by Crippen LogP contribution is 2.40. The Morgan fingerprint density at radius 2 is 1.97 bits per heavy atom. The van der Waals surface area contributed by atoms with E-state index >= 15 is 0 Å². The van der Waals surface area contributed by atoms with Gasteiger partial charge in [-0.1, -0.05) is 13.5 Å². The second-order valence-corrected chi connectivity index (χ2v) is 10.3. The average molecular weight is 470 g/mol. The largest absolute Gasteiger partial charge is 0.469 e. The van der Waals surface area contributed by atoms with Gasteiger partial charge in [0, 0.05) is 19.3 Å². The molecular formula is C24H39NO8.